The highest BCUT2D eigenvalue weighted by Gasteiger charge is 2.08. The fourth-order valence-corrected chi connectivity index (χ4v) is 1.37. The molecule has 0 aliphatic carbocycles. The van der Waals surface area contributed by atoms with Gasteiger partial charge in [0, 0.05) is 26.2 Å². The van der Waals surface area contributed by atoms with Crippen molar-refractivity contribution >= 4 is 0 Å². The van der Waals surface area contributed by atoms with Crippen LogP contribution in [0.1, 0.15) is 33.1 Å². The molecule has 3 heteroatoms. The van der Waals surface area contributed by atoms with Crippen molar-refractivity contribution in [1.29, 1.82) is 0 Å². The van der Waals surface area contributed by atoms with E-state index in [1.807, 2.05) is 6.92 Å². The van der Waals surface area contributed by atoms with Gasteiger partial charge in [0.05, 0.1) is 19.8 Å². The third kappa shape index (κ3) is 10.2. The van der Waals surface area contributed by atoms with Crippen LogP contribution in [0.5, 0.6) is 0 Å². The molecule has 0 saturated heterocycles. The molecule has 1 atom stereocenters. The van der Waals surface area contributed by atoms with Gasteiger partial charge in [0.1, 0.15) is 0 Å². The van der Waals surface area contributed by atoms with E-state index in [1.165, 1.54) is 12.8 Å². The summed E-state index contributed by atoms with van der Waals surface area (Å²) in [6.07, 6.45) is 3.65. The van der Waals surface area contributed by atoms with Gasteiger partial charge in [-0.1, -0.05) is 19.8 Å². The Hall–Kier alpha value is -0.120. The lowest BCUT2D eigenvalue weighted by molar-refractivity contribution is 0.00787. The summed E-state index contributed by atoms with van der Waals surface area (Å²) in [5, 5.41) is 0. The number of methoxy groups -OCH3 is 1. The van der Waals surface area contributed by atoms with Crippen molar-refractivity contribution < 1.29 is 14.2 Å². The lowest BCUT2D eigenvalue weighted by Crippen LogP contribution is -2.21. The molecule has 1 unspecified atom stereocenters. The molecule has 0 rings (SSSR count). The third-order valence-electron chi connectivity index (χ3n) is 2.21. The summed E-state index contributed by atoms with van der Waals surface area (Å²) in [6.45, 7) is 8.02. The number of hydrogen-bond donors (Lipinski definition) is 0. The monoisotopic (exact) mass is 218 g/mol. The van der Waals surface area contributed by atoms with Gasteiger partial charge < -0.3 is 14.2 Å². The van der Waals surface area contributed by atoms with E-state index < -0.39 is 0 Å². The highest BCUT2D eigenvalue weighted by Crippen LogP contribution is 2.01. The Balaban J connectivity index is 3.38. The molecule has 0 heterocycles. The molecular formula is C12H26O3. The minimum atomic E-state index is 0.372. The van der Waals surface area contributed by atoms with Crippen LogP contribution in [-0.2, 0) is 14.2 Å². The molecule has 0 fully saturated rings. The van der Waals surface area contributed by atoms with Crippen molar-refractivity contribution in [3.8, 4) is 0 Å². The van der Waals surface area contributed by atoms with E-state index in [1.54, 1.807) is 7.11 Å². The zero-order valence-corrected chi connectivity index (χ0v) is 10.5. The van der Waals surface area contributed by atoms with Crippen LogP contribution in [0.15, 0.2) is 0 Å². The average molecular weight is 218 g/mol. The molecule has 0 aliphatic heterocycles. The first-order valence-electron chi connectivity index (χ1n) is 5.99. The largest absolute Gasteiger partial charge is 0.384 e. The Morgan fingerprint density at radius 1 is 0.933 bits per heavy atom. The van der Waals surface area contributed by atoms with E-state index in [0.29, 0.717) is 12.5 Å². The molecule has 92 valence electrons. The number of ether oxygens (including phenoxy) is 3. The van der Waals surface area contributed by atoms with Gasteiger partial charge in [0.25, 0.3) is 0 Å². The Kier molecular flexibility index (Phi) is 11.9. The maximum absolute atomic E-state index is 5.59. The van der Waals surface area contributed by atoms with Crippen LogP contribution < -0.4 is 0 Å². The first kappa shape index (κ1) is 14.9. The standard InChI is InChI=1S/C12H26O3/c1-4-6-7-8-15-11-12(9-13-3)10-14-5-2/h12H,4-11H2,1-3H3. The van der Waals surface area contributed by atoms with Crippen molar-refractivity contribution in [2.24, 2.45) is 5.92 Å². The Bertz CT molecular complexity index is 117. The van der Waals surface area contributed by atoms with E-state index in [0.717, 1.165) is 32.8 Å². The molecule has 3 nitrogen and oxygen atoms in total. The summed E-state index contributed by atoms with van der Waals surface area (Å²) in [4.78, 5) is 0. The van der Waals surface area contributed by atoms with Crippen LogP contribution >= 0.6 is 0 Å². The van der Waals surface area contributed by atoms with Gasteiger partial charge in [0.15, 0.2) is 0 Å². The lowest BCUT2D eigenvalue weighted by atomic mass is 10.2. The second-order valence-corrected chi connectivity index (χ2v) is 3.76. The van der Waals surface area contributed by atoms with Gasteiger partial charge in [-0.05, 0) is 13.3 Å². The fraction of sp³-hybridized carbons (Fsp3) is 1.00. The van der Waals surface area contributed by atoms with Crippen molar-refractivity contribution in [1.82, 2.24) is 0 Å². The first-order valence-corrected chi connectivity index (χ1v) is 5.99. The molecule has 0 aromatic heterocycles. The number of unbranched alkanes of at least 4 members (excludes halogenated alkanes) is 2. The zero-order chi connectivity index (χ0) is 11.4. The van der Waals surface area contributed by atoms with E-state index in [4.69, 9.17) is 14.2 Å². The summed E-state index contributed by atoms with van der Waals surface area (Å²) in [5.74, 6) is 0.372. The highest BCUT2D eigenvalue weighted by molar-refractivity contribution is 4.55. The van der Waals surface area contributed by atoms with Crippen LogP contribution in [0, 0.1) is 5.92 Å². The summed E-state index contributed by atoms with van der Waals surface area (Å²) in [6, 6.07) is 0. The molecule has 0 radical (unpaired) electrons. The zero-order valence-electron chi connectivity index (χ0n) is 10.5. The van der Waals surface area contributed by atoms with Gasteiger partial charge in [-0.3, -0.25) is 0 Å². The molecule has 15 heavy (non-hydrogen) atoms. The number of hydrogen-bond acceptors (Lipinski definition) is 3. The van der Waals surface area contributed by atoms with Crippen molar-refractivity contribution in [3.63, 3.8) is 0 Å². The highest BCUT2D eigenvalue weighted by atomic mass is 16.5. The second-order valence-electron chi connectivity index (χ2n) is 3.76. The summed E-state index contributed by atoms with van der Waals surface area (Å²) < 4.78 is 16.1. The van der Waals surface area contributed by atoms with E-state index >= 15 is 0 Å². The van der Waals surface area contributed by atoms with E-state index in [2.05, 4.69) is 6.92 Å². The molecule has 0 amide bonds. The molecule has 0 N–H and O–H groups in total. The minimum absolute atomic E-state index is 0.372. The molecule has 0 saturated carbocycles. The normalized spacial score (nSPS) is 13.0. The maximum Gasteiger partial charge on any atom is 0.0538 e. The van der Waals surface area contributed by atoms with Crippen LogP contribution in [0.3, 0.4) is 0 Å². The molecule has 0 aliphatic rings. The van der Waals surface area contributed by atoms with Crippen molar-refractivity contribution in [3.05, 3.63) is 0 Å². The summed E-state index contributed by atoms with van der Waals surface area (Å²) >= 11 is 0. The molecule has 0 aromatic carbocycles. The predicted molar refractivity (Wildman–Crippen MR) is 62.2 cm³/mol. The van der Waals surface area contributed by atoms with Crippen LogP contribution in [-0.4, -0.2) is 40.1 Å². The van der Waals surface area contributed by atoms with Crippen LogP contribution in [0.4, 0.5) is 0 Å². The van der Waals surface area contributed by atoms with Crippen molar-refractivity contribution in [2.45, 2.75) is 33.1 Å². The van der Waals surface area contributed by atoms with E-state index in [9.17, 15) is 0 Å². The SMILES string of the molecule is CCCCCOCC(COC)COCC. The number of rotatable bonds is 11. The van der Waals surface area contributed by atoms with Gasteiger partial charge in [0.2, 0.25) is 0 Å². The van der Waals surface area contributed by atoms with Crippen LogP contribution in [0.25, 0.3) is 0 Å². The summed E-state index contributed by atoms with van der Waals surface area (Å²) in [7, 11) is 1.72. The topological polar surface area (TPSA) is 27.7 Å². The smallest absolute Gasteiger partial charge is 0.0538 e. The van der Waals surface area contributed by atoms with E-state index in [-0.39, 0.29) is 0 Å². The predicted octanol–water partition coefficient (Wildman–Crippen LogP) is 2.49. The third-order valence-corrected chi connectivity index (χ3v) is 2.21. The Morgan fingerprint density at radius 3 is 2.27 bits per heavy atom. The van der Waals surface area contributed by atoms with Crippen LogP contribution in [0.2, 0.25) is 0 Å². The van der Waals surface area contributed by atoms with Crippen molar-refractivity contribution in [2.75, 3.05) is 40.1 Å². The first-order chi connectivity index (χ1) is 7.35. The summed E-state index contributed by atoms with van der Waals surface area (Å²) in [5.41, 5.74) is 0. The lowest BCUT2D eigenvalue weighted by Gasteiger charge is -2.15. The molecule has 0 bridgehead atoms. The Labute approximate surface area is 94.1 Å². The molecule has 0 spiro atoms. The Morgan fingerprint density at radius 2 is 1.67 bits per heavy atom. The molecule has 0 aromatic rings. The quantitative estimate of drug-likeness (QED) is 0.499. The second kappa shape index (κ2) is 12.0. The molecular weight excluding hydrogens is 192 g/mol. The average Bonchev–Trinajstić information content (AvgIpc) is 2.25. The van der Waals surface area contributed by atoms with Gasteiger partial charge >= 0.3 is 0 Å². The fourth-order valence-electron chi connectivity index (χ4n) is 1.37. The van der Waals surface area contributed by atoms with Gasteiger partial charge in [-0.2, -0.15) is 0 Å². The maximum atomic E-state index is 5.59. The van der Waals surface area contributed by atoms with Gasteiger partial charge in [-0.15, -0.1) is 0 Å². The van der Waals surface area contributed by atoms with Gasteiger partial charge in [-0.25, -0.2) is 0 Å². The minimum Gasteiger partial charge on any atom is -0.384 e.